The van der Waals surface area contributed by atoms with Crippen LogP contribution in [0.5, 0.6) is 0 Å². The molecular formula is C23H15ClO4S. The first-order chi connectivity index (χ1) is 14.0. The average Bonchev–Trinajstić information content (AvgIpc) is 3.31. The second-order valence-corrected chi connectivity index (χ2v) is 7.79. The quantitative estimate of drug-likeness (QED) is 0.363. The Hall–Kier alpha value is -3.15. The van der Waals surface area contributed by atoms with Crippen molar-refractivity contribution < 1.29 is 19.1 Å². The zero-order valence-electron chi connectivity index (χ0n) is 15.1. The van der Waals surface area contributed by atoms with E-state index < -0.39 is 5.97 Å². The van der Waals surface area contributed by atoms with E-state index >= 15 is 0 Å². The molecule has 0 bridgehead atoms. The van der Waals surface area contributed by atoms with Gasteiger partial charge in [0.2, 0.25) is 5.78 Å². The molecule has 2 aromatic heterocycles. The number of furan rings is 1. The summed E-state index contributed by atoms with van der Waals surface area (Å²) in [5, 5.41) is 12.9. The summed E-state index contributed by atoms with van der Waals surface area (Å²) in [5.41, 5.74) is 2.15. The number of rotatable bonds is 6. The number of thiophene rings is 1. The molecule has 0 saturated heterocycles. The third-order valence-electron chi connectivity index (χ3n) is 4.46. The van der Waals surface area contributed by atoms with Gasteiger partial charge >= 0.3 is 5.97 Å². The van der Waals surface area contributed by atoms with Crippen LogP contribution in [0, 0.1) is 0 Å². The third-order valence-corrected chi connectivity index (χ3v) is 5.71. The van der Waals surface area contributed by atoms with Crippen LogP contribution in [0.4, 0.5) is 0 Å². The van der Waals surface area contributed by atoms with Crippen LogP contribution < -0.4 is 0 Å². The summed E-state index contributed by atoms with van der Waals surface area (Å²) in [7, 11) is 0. The normalized spacial score (nSPS) is 11.3. The Morgan fingerprint density at radius 3 is 2.55 bits per heavy atom. The number of ketones is 1. The lowest BCUT2D eigenvalue weighted by Gasteiger charge is -2.00. The number of carbonyl (C=O) groups excluding carboxylic acids is 1. The Kier molecular flexibility index (Phi) is 5.34. The van der Waals surface area contributed by atoms with E-state index in [9.17, 15) is 14.7 Å². The van der Waals surface area contributed by atoms with Crippen LogP contribution in [0.2, 0.25) is 5.02 Å². The number of carbonyl (C=O) groups is 2. The number of carboxylic acid groups (broad SMARTS) is 1. The van der Waals surface area contributed by atoms with Crippen molar-refractivity contribution in [1.29, 1.82) is 0 Å². The van der Waals surface area contributed by atoms with Crippen LogP contribution >= 0.6 is 22.9 Å². The maximum atomic E-state index is 12.7. The minimum absolute atomic E-state index is 0.0350. The fourth-order valence-electron chi connectivity index (χ4n) is 3.03. The van der Waals surface area contributed by atoms with Crippen molar-refractivity contribution in [2.24, 2.45) is 0 Å². The molecule has 0 unspecified atom stereocenters. The van der Waals surface area contributed by atoms with Crippen molar-refractivity contribution in [1.82, 2.24) is 0 Å². The topological polar surface area (TPSA) is 67.5 Å². The van der Waals surface area contributed by atoms with Crippen LogP contribution in [0.15, 0.2) is 64.4 Å². The Morgan fingerprint density at radius 1 is 1.07 bits per heavy atom. The summed E-state index contributed by atoms with van der Waals surface area (Å²) in [6.45, 7) is 0. The monoisotopic (exact) mass is 422 g/mol. The molecule has 0 aliphatic rings. The number of Topliss-reactive ketones (excluding diaryl/α,β-unsaturated/α-hetero) is 1. The molecule has 4 nitrogen and oxygen atoms in total. The number of carboxylic acids is 1. The maximum Gasteiger partial charge on any atom is 0.337 e. The molecule has 0 amide bonds. The number of hydrogen-bond donors (Lipinski definition) is 1. The van der Waals surface area contributed by atoms with Gasteiger partial charge in [0.25, 0.3) is 0 Å². The molecule has 4 rings (SSSR count). The van der Waals surface area contributed by atoms with Crippen molar-refractivity contribution in [2.75, 3.05) is 0 Å². The summed E-state index contributed by atoms with van der Waals surface area (Å²) >= 11 is 7.18. The van der Waals surface area contributed by atoms with E-state index in [0.29, 0.717) is 21.0 Å². The van der Waals surface area contributed by atoms with E-state index in [2.05, 4.69) is 0 Å². The van der Waals surface area contributed by atoms with Gasteiger partial charge in [-0.25, -0.2) is 4.79 Å². The highest BCUT2D eigenvalue weighted by molar-refractivity contribution is 7.11. The highest BCUT2D eigenvalue weighted by atomic mass is 35.5. The van der Waals surface area contributed by atoms with E-state index in [4.69, 9.17) is 16.0 Å². The van der Waals surface area contributed by atoms with Crippen molar-refractivity contribution in [3.8, 4) is 0 Å². The van der Waals surface area contributed by atoms with E-state index in [1.54, 1.807) is 35.7 Å². The van der Waals surface area contributed by atoms with Gasteiger partial charge in [-0.2, -0.15) is 0 Å². The van der Waals surface area contributed by atoms with E-state index in [1.807, 2.05) is 36.4 Å². The van der Waals surface area contributed by atoms with Crippen molar-refractivity contribution in [2.45, 2.75) is 6.42 Å². The molecule has 2 heterocycles. The molecule has 6 heteroatoms. The van der Waals surface area contributed by atoms with E-state index in [1.165, 1.54) is 11.3 Å². The smallest absolute Gasteiger partial charge is 0.337 e. The van der Waals surface area contributed by atoms with Gasteiger partial charge in [0, 0.05) is 21.7 Å². The Morgan fingerprint density at radius 2 is 1.83 bits per heavy atom. The average molecular weight is 423 g/mol. The number of para-hydroxylation sites is 1. The van der Waals surface area contributed by atoms with Crippen LogP contribution in [0.25, 0.3) is 23.1 Å². The van der Waals surface area contributed by atoms with Gasteiger partial charge in [-0.15, -0.1) is 11.3 Å². The first kappa shape index (κ1) is 19.2. The van der Waals surface area contributed by atoms with Gasteiger partial charge in [0.15, 0.2) is 5.76 Å². The minimum atomic E-state index is -1.06. The van der Waals surface area contributed by atoms with Gasteiger partial charge in [-0.3, -0.25) is 4.79 Å². The first-order valence-corrected chi connectivity index (χ1v) is 10.1. The zero-order chi connectivity index (χ0) is 20.4. The standard InChI is InChI=1S/C23H15ClO4S/c24-17-8-5-14(6-9-17)7-10-21-22(23(26)27)16(13-29-21)11-18(25)20-12-15-3-1-2-4-19(15)28-20/h1-10,12-13H,11H2,(H,26,27)/b10-7+. The van der Waals surface area contributed by atoms with E-state index in [0.717, 1.165) is 10.9 Å². The SMILES string of the molecule is O=C(Cc1csc(/C=C/c2ccc(Cl)cc2)c1C(=O)O)c1cc2ccccc2o1. The predicted molar refractivity (Wildman–Crippen MR) is 116 cm³/mol. The number of hydrogen-bond acceptors (Lipinski definition) is 4. The number of halogens is 1. The molecule has 2 aromatic carbocycles. The van der Waals surface area contributed by atoms with Crippen molar-refractivity contribution >= 4 is 57.8 Å². The Labute approximate surface area is 175 Å². The molecule has 1 N–H and O–H groups in total. The highest BCUT2D eigenvalue weighted by Crippen LogP contribution is 2.28. The van der Waals surface area contributed by atoms with Crippen molar-refractivity contribution in [3.63, 3.8) is 0 Å². The van der Waals surface area contributed by atoms with Gasteiger partial charge in [-0.05, 0) is 46.8 Å². The summed E-state index contributed by atoms with van der Waals surface area (Å²) < 4.78 is 5.61. The van der Waals surface area contributed by atoms with Crippen LogP contribution in [0.1, 0.15) is 36.9 Å². The second-order valence-electron chi connectivity index (χ2n) is 6.44. The number of aromatic carboxylic acids is 1. The Bertz CT molecular complexity index is 1200. The van der Waals surface area contributed by atoms with Crippen LogP contribution in [-0.2, 0) is 6.42 Å². The van der Waals surface area contributed by atoms with Crippen LogP contribution in [-0.4, -0.2) is 16.9 Å². The molecule has 0 saturated carbocycles. The van der Waals surface area contributed by atoms with Gasteiger partial charge in [0.1, 0.15) is 5.58 Å². The summed E-state index contributed by atoms with van der Waals surface area (Å²) in [6.07, 6.45) is 3.53. The summed E-state index contributed by atoms with van der Waals surface area (Å²) in [5.74, 6) is -1.09. The molecule has 29 heavy (non-hydrogen) atoms. The molecular weight excluding hydrogens is 408 g/mol. The second kappa shape index (κ2) is 8.07. The lowest BCUT2D eigenvalue weighted by molar-refractivity contribution is 0.0696. The summed E-state index contributed by atoms with van der Waals surface area (Å²) in [6, 6.07) is 16.3. The molecule has 0 radical (unpaired) electrons. The van der Waals surface area contributed by atoms with Crippen LogP contribution in [0.3, 0.4) is 0 Å². The fraction of sp³-hybridized carbons (Fsp3) is 0.0435. The molecule has 4 aromatic rings. The fourth-order valence-corrected chi connectivity index (χ4v) is 4.11. The summed E-state index contributed by atoms with van der Waals surface area (Å²) in [4.78, 5) is 25.1. The predicted octanol–water partition coefficient (Wildman–Crippen LogP) is 6.44. The lowest BCUT2D eigenvalue weighted by Crippen LogP contribution is -2.07. The van der Waals surface area contributed by atoms with Gasteiger partial charge < -0.3 is 9.52 Å². The van der Waals surface area contributed by atoms with E-state index in [-0.39, 0.29) is 23.5 Å². The molecule has 0 spiro atoms. The molecule has 0 atom stereocenters. The van der Waals surface area contributed by atoms with Gasteiger partial charge in [-0.1, -0.05) is 48.0 Å². The Balaban J connectivity index is 1.59. The molecule has 0 aliphatic carbocycles. The maximum absolute atomic E-state index is 12.7. The molecule has 0 fully saturated rings. The third kappa shape index (κ3) is 4.16. The van der Waals surface area contributed by atoms with Gasteiger partial charge in [0.05, 0.1) is 5.56 Å². The molecule has 0 aliphatic heterocycles. The zero-order valence-corrected chi connectivity index (χ0v) is 16.7. The number of benzene rings is 2. The first-order valence-electron chi connectivity index (χ1n) is 8.80. The minimum Gasteiger partial charge on any atom is -0.478 e. The number of fused-ring (bicyclic) bond motifs is 1. The van der Waals surface area contributed by atoms with Crippen molar-refractivity contribution in [3.05, 3.63) is 92.3 Å². The highest BCUT2D eigenvalue weighted by Gasteiger charge is 2.21. The largest absolute Gasteiger partial charge is 0.478 e. The lowest BCUT2D eigenvalue weighted by atomic mass is 10.0. The molecule has 144 valence electrons.